The van der Waals surface area contributed by atoms with Gasteiger partial charge in [-0.25, -0.2) is 4.98 Å². The number of aromatic nitrogens is 2. The number of hydrogen-bond acceptors (Lipinski definition) is 4. The molecule has 0 aliphatic heterocycles. The van der Waals surface area contributed by atoms with Gasteiger partial charge >= 0.3 is 0 Å². The van der Waals surface area contributed by atoms with Crippen molar-refractivity contribution < 1.29 is 0 Å². The molecule has 0 aliphatic rings. The van der Waals surface area contributed by atoms with Crippen LogP contribution in [0.1, 0.15) is 28.8 Å². The lowest BCUT2D eigenvalue weighted by atomic mass is 10.0. The number of aryl methyl sites for hydroxylation is 3. The summed E-state index contributed by atoms with van der Waals surface area (Å²) in [5, 5.41) is 0. The van der Waals surface area contributed by atoms with E-state index in [1.807, 2.05) is 6.92 Å². The van der Waals surface area contributed by atoms with Crippen LogP contribution in [0.5, 0.6) is 0 Å². The smallest absolute Gasteiger partial charge is 0.222 e. The van der Waals surface area contributed by atoms with E-state index in [0.29, 0.717) is 5.82 Å². The molecule has 2 aromatic rings. The number of nitrogens with zero attached hydrogens (tertiary/aromatic N) is 2. The van der Waals surface area contributed by atoms with Crippen LogP contribution in [-0.2, 0) is 12.8 Å². The Morgan fingerprint density at radius 1 is 1.00 bits per heavy atom. The predicted octanol–water partition coefficient (Wildman–Crippen LogP) is 2.43. The normalized spacial score (nSPS) is 10.6. The van der Waals surface area contributed by atoms with Crippen LogP contribution < -0.4 is 11.5 Å². The summed E-state index contributed by atoms with van der Waals surface area (Å²) in [6.07, 6.45) is 2.95. The van der Waals surface area contributed by atoms with E-state index >= 15 is 0 Å². The van der Waals surface area contributed by atoms with Crippen molar-refractivity contribution in [2.45, 2.75) is 33.1 Å². The van der Waals surface area contributed by atoms with Gasteiger partial charge in [-0.15, -0.1) is 0 Å². The molecule has 4 nitrogen and oxygen atoms in total. The van der Waals surface area contributed by atoms with Gasteiger partial charge in [0.15, 0.2) is 0 Å². The van der Waals surface area contributed by atoms with E-state index in [1.165, 1.54) is 11.1 Å². The lowest BCUT2D eigenvalue weighted by Gasteiger charge is -2.09. The topological polar surface area (TPSA) is 77.8 Å². The molecule has 1 aromatic heterocycles. The Morgan fingerprint density at radius 3 is 2.42 bits per heavy atom. The zero-order valence-corrected chi connectivity index (χ0v) is 11.5. The standard InChI is InChI=1S/C15H20N4/c1-10-6-3-4-7-12(10)8-5-9-13-11(2)18-15(17)19-14(13)16/h3-4,6-7H,5,8-9H2,1-2H3,(H4,16,17,18,19). The van der Waals surface area contributed by atoms with Gasteiger partial charge in [-0.05, 0) is 44.2 Å². The summed E-state index contributed by atoms with van der Waals surface area (Å²) in [6.45, 7) is 4.07. The van der Waals surface area contributed by atoms with Gasteiger partial charge < -0.3 is 11.5 Å². The van der Waals surface area contributed by atoms with Crippen molar-refractivity contribution in [3.8, 4) is 0 Å². The van der Waals surface area contributed by atoms with E-state index in [9.17, 15) is 0 Å². The predicted molar refractivity (Wildman–Crippen MR) is 78.8 cm³/mol. The second kappa shape index (κ2) is 5.69. The summed E-state index contributed by atoms with van der Waals surface area (Å²) in [6, 6.07) is 8.45. The highest BCUT2D eigenvalue weighted by Gasteiger charge is 2.08. The average Bonchev–Trinajstić information content (AvgIpc) is 2.34. The highest BCUT2D eigenvalue weighted by atomic mass is 15.0. The third kappa shape index (κ3) is 3.22. The number of anilines is 2. The van der Waals surface area contributed by atoms with Crippen LogP contribution in [0.4, 0.5) is 11.8 Å². The molecule has 0 fully saturated rings. The summed E-state index contributed by atoms with van der Waals surface area (Å²) >= 11 is 0. The van der Waals surface area contributed by atoms with Crippen molar-refractivity contribution in [2.75, 3.05) is 11.5 Å². The van der Waals surface area contributed by atoms with E-state index in [2.05, 4.69) is 41.2 Å². The quantitative estimate of drug-likeness (QED) is 0.880. The van der Waals surface area contributed by atoms with E-state index in [-0.39, 0.29) is 5.95 Å². The molecule has 100 valence electrons. The number of rotatable bonds is 4. The van der Waals surface area contributed by atoms with Crippen molar-refractivity contribution in [2.24, 2.45) is 0 Å². The Bertz CT molecular complexity index is 555. The molecule has 2 rings (SSSR count). The zero-order valence-electron chi connectivity index (χ0n) is 11.5. The lowest BCUT2D eigenvalue weighted by molar-refractivity contribution is 0.803. The molecular weight excluding hydrogens is 236 g/mol. The largest absolute Gasteiger partial charge is 0.383 e. The second-order valence-electron chi connectivity index (χ2n) is 4.81. The van der Waals surface area contributed by atoms with E-state index in [0.717, 1.165) is 30.5 Å². The minimum Gasteiger partial charge on any atom is -0.383 e. The molecule has 1 aromatic carbocycles. The summed E-state index contributed by atoms with van der Waals surface area (Å²) in [4.78, 5) is 8.19. The highest BCUT2D eigenvalue weighted by Crippen LogP contribution is 2.18. The first-order valence-corrected chi connectivity index (χ1v) is 6.51. The van der Waals surface area contributed by atoms with Crippen LogP contribution in [0.3, 0.4) is 0 Å². The van der Waals surface area contributed by atoms with Crippen LogP contribution in [0.2, 0.25) is 0 Å². The number of hydrogen-bond donors (Lipinski definition) is 2. The van der Waals surface area contributed by atoms with Crippen LogP contribution in [0.15, 0.2) is 24.3 Å². The minimum atomic E-state index is 0.248. The Kier molecular flexibility index (Phi) is 4.00. The van der Waals surface area contributed by atoms with Gasteiger partial charge in [-0.2, -0.15) is 4.98 Å². The molecule has 1 heterocycles. The van der Waals surface area contributed by atoms with Crippen molar-refractivity contribution in [1.29, 1.82) is 0 Å². The van der Waals surface area contributed by atoms with Gasteiger partial charge in [0, 0.05) is 11.3 Å². The Balaban J connectivity index is 2.02. The Hall–Kier alpha value is -2.10. The zero-order chi connectivity index (χ0) is 13.8. The number of nitrogen functional groups attached to an aromatic ring is 2. The molecule has 0 saturated carbocycles. The summed E-state index contributed by atoms with van der Waals surface area (Å²) < 4.78 is 0. The third-order valence-electron chi connectivity index (χ3n) is 3.40. The molecule has 4 heteroatoms. The van der Waals surface area contributed by atoms with Crippen LogP contribution in [0, 0.1) is 13.8 Å². The maximum absolute atomic E-state index is 5.90. The molecule has 0 spiro atoms. The fraction of sp³-hybridized carbons (Fsp3) is 0.333. The van der Waals surface area contributed by atoms with Crippen molar-refractivity contribution in [1.82, 2.24) is 9.97 Å². The fourth-order valence-electron chi connectivity index (χ4n) is 2.30. The monoisotopic (exact) mass is 256 g/mol. The fourth-order valence-corrected chi connectivity index (χ4v) is 2.30. The molecule has 4 N–H and O–H groups in total. The molecule has 0 bridgehead atoms. The first kappa shape index (κ1) is 13.3. The first-order chi connectivity index (χ1) is 9.08. The van der Waals surface area contributed by atoms with Crippen molar-refractivity contribution in [3.63, 3.8) is 0 Å². The third-order valence-corrected chi connectivity index (χ3v) is 3.40. The maximum Gasteiger partial charge on any atom is 0.222 e. The van der Waals surface area contributed by atoms with Crippen LogP contribution >= 0.6 is 0 Å². The SMILES string of the molecule is Cc1ccccc1CCCc1c(C)nc(N)nc1N. The van der Waals surface area contributed by atoms with Gasteiger partial charge in [0.1, 0.15) is 5.82 Å². The Morgan fingerprint density at radius 2 is 1.74 bits per heavy atom. The molecular formula is C15H20N4. The van der Waals surface area contributed by atoms with E-state index in [4.69, 9.17) is 11.5 Å². The highest BCUT2D eigenvalue weighted by molar-refractivity contribution is 5.45. The molecule has 0 saturated heterocycles. The summed E-state index contributed by atoms with van der Waals surface area (Å²) in [7, 11) is 0. The van der Waals surface area contributed by atoms with Gasteiger partial charge in [0.05, 0.1) is 0 Å². The van der Waals surface area contributed by atoms with Crippen LogP contribution in [0.25, 0.3) is 0 Å². The molecule has 0 radical (unpaired) electrons. The molecule has 0 aliphatic carbocycles. The van der Waals surface area contributed by atoms with Gasteiger partial charge in [0.2, 0.25) is 5.95 Å². The summed E-state index contributed by atoms with van der Waals surface area (Å²) in [5.74, 6) is 0.757. The minimum absolute atomic E-state index is 0.248. The number of benzene rings is 1. The van der Waals surface area contributed by atoms with E-state index in [1.54, 1.807) is 0 Å². The molecule has 0 unspecified atom stereocenters. The molecule has 0 amide bonds. The lowest BCUT2D eigenvalue weighted by Crippen LogP contribution is -2.07. The van der Waals surface area contributed by atoms with E-state index < -0.39 is 0 Å². The number of nitrogens with two attached hydrogens (primary N) is 2. The van der Waals surface area contributed by atoms with Crippen LogP contribution in [-0.4, -0.2) is 9.97 Å². The summed E-state index contributed by atoms with van der Waals surface area (Å²) in [5.41, 5.74) is 16.1. The van der Waals surface area contributed by atoms with Gasteiger partial charge in [-0.1, -0.05) is 24.3 Å². The maximum atomic E-state index is 5.90. The average molecular weight is 256 g/mol. The first-order valence-electron chi connectivity index (χ1n) is 6.51. The van der Waals surface area contributed by atoms with Crippen molar-refractivity contribution >= 4 is 11.8 Å². The van der Waals surface area contributed by atoms with Crippen molar-refractivity contribution in [3.05, 3.63) is 46.6 Å². The van der Waals surface area contributed by atoms with Gasteiger partial charge in [0.25, 0.3) is 0 Å². The Labute approximate surface area is 113 Å². The molecule has 0 atom stereocenters. The molecule has 19 heavy (non-hydrogen) atoms. The second-order valence-corrected chi connectivity index (χ2v) is 4.81. The van der Waals surface area contributed by atoms with Gasteiger partial charge in [-0.3, -0.25) is 0 Å².